The Bertz CT molecular complexity index is 1760. The van der Waals surface area contributed by atoms with E-state index in [1.807, 2.05) is 17.9 Å². The number of aryl methyl sites for hydroxylation is 2. The molecule has 1 aliphatic carbocycles. The number of nitrogens with zero attached hydrogens (tertiary/aromatic N) is 5. The molecule has 0 unspecified atom stereocenters. The van der Waals surface area contributed by atoms with Crippen LogP contribution in [0, 0.1) is 19.7 Å². The Morgan fingerprint density at radius 2 is 1.79 bits per heavy atom. The number of aromatic nitrogens is 3. The second-order valence-corrected chi connectivity index (χ2v) is 12.3. The number of carbonyl (C=O) groups excluding carboxylic acids is 2. The first kappa shape index (κ1) is 32.5. The molecule has 47 heavy (non-hydrogen) atoms. The Labute approximate surface area is 268 Å². The van der Waals surface area contributed by atoms with Crippen LogP contribution in [0.5, 0.6) is 0 Å². The van der Waals surface area contributed by atoms with E-state index in [1.54, 1.807) is 13.8 Å². The standard InChI is InChI=1S/C33H35F4N7O3/c1-4-47-16-22-23(34)13-20(28-17(2)39-27(15-26(38)45)40-18(28)3)14-24(22)44-11-9-32(10-12-44)31(46)42-30(43-32)21-7-8-25(33(35,36)37)41-29(21)19-5-6-19/h7-8,13-14,19H,4-6,9-12,15-16H2,1-3H3,(H2,38,45)(H,42,43,46). The molecule has 6 rings (SSSR count). The van der Waals surface area contributed by atoms with E-state index in [-0.39, 0.29) is 36.5 Å². The van der Waals surface area contributed by atoms with Gasteiger partial charge in [0.1, 0.15) is 28.7 Å². The number of hydrogen-bond donors (Lipinski definition) is 2. The molecular weight excluding hydrogens is 618 g/mol. The second-order valence-electron chi connectivity index (χ2n) is 12.3. The lowest BCUT2D eigenvalue weighted by atomic mass is 9.87. The number of nitrogens with two attached hydrogens (primary N) is 1. The molecule has 3 N–H and O–H groups in total. The smallest absolute Gasteiger partial charge is 0.377 e. The van der Waals surface area contributed by atoms with Gasteiger partial charge in [0.25, 0.3) is 5.91 Å². The van der Waals surface area contributed by atoms with Crippen LogP contribution in [0.3, 0.4) is 0 Å². The zero-order valence-electron chi connectivity index (χ0n) is 26.3. The number of amidine groups is 1. The minimum atomic E-state index is -4.58. The number of rotatable bonds is 9. The van der Waals surface area contributed by atoms with Gasteiger partial charge in [-0.1, -0.05) is 0 Å². The molecule has 1 saturated carbocycles. The van der Waals surface area contributed by atoms with Crippen molar-refractivity contribution in [3.8, 4) is 11.1 Å². The molecule has 14 heteroatoms. The van der Waals surface area contributed by atoms with Gasteiger partial charge < -0.3 is 20.7 Å². The van der Waals surface area contributed by atoms with Crippen LogP contribution in [0.2, 0.25) is 0 Å². The molecule has 0 atom stereocenters. The lowest BCUT2D eigenvalue weighted by molar-refractivity contribution is -0.141. The Balaban J connectivity index is 1.30. The Morgan fingerprint density at radius 3 is 2.38 bits per heavy atom. The summed E-state index contributed by atoms with van der Waals surface area (Å²) in [6.45, 7) is 6.50. The maximum absolute atomic E-state index is 15.8. The molecule has 1 spiro atoms. The molecule has 10 nitrogen and oxygen atoms in total. The number of pyridine rings is 1. The number of aliphatic imine (C=N–C) groups is 1. The fourth-order valence-electron chi connectivity index (χ4n) is 6.44. The minimum absolute atomic E-state index is 0.0409. The first-order valence-corrected chi connectivity index (χ1v) is 15.6. The van der Waals surface area contributed by atoms with Crippen molar-refractivity contribution in [2.75, 3.05) is 24.6 Å². The minimum Gasteiger partial charge on any atom is -0.377 e. The first-order valence-electron chi connectivity index (χ1n) is 15.6. The molecule has 0 bridgehead atoms. The fraction of sp³-hybridized carbons (Fsp3) is 0.455. The van der Waals surface area contributed by atoms with Crippen LogP contribution in [0.25, 0.3) is 11.1 Å². The van der Waals surface area contributed by atoms with Crippen molar-refractivity contribution in [3.63, 3.8) is 0 Å². The van der Waals surface area contributed by atoms with E-state index < -0.39 is 29.1 Å². The Hall–Kier alpha value is -4.46. The average Bonchev–Trinajstić information content (AvgIpc) is 3.80. The second kappa shape index (κ2) is 12.3. The predicted octanol–water partition coefficient (Wildman–Crippen LogP) is 4.67. The number of ether oxygens (including phenoxy) is 1. The van der Waals surface area contributed by atoms with Gasteiger partial charge in [-0.15, -0.1) is 0 Å². The number of alkyl halides is 3. The highest BCUT2D eigenvalue weighted by Crippen LogP contribution is 2.43. The molecule has 2 amide bonds. The van der Waals surface area contributed by atoms with Crippen molar-refractivity contribution < 1.29 is 31.9 Å². The Kier molecular flexibility index (Phi) is 8.49. The number of piperidine rings is 1. The van der Waals surface area contributed by atoms with Gasteiger partial charge in [0.2, 0.25) is 5.91 Å². The van der Waals surface area contributed by atoms with E-state index in [0.717, 1.165) is 18.9 Å². The van der Waals surface area contributed by atoms with E-state index in [4.69, 9.17) is 15.5 Å². The van der Waals surface area contributed by atoms with Crippen molar-refractivity contribution in [3.05, 3.63) is 69.8 Å². The third kappa shape index (κ3) is 6.42. The summed E-state index contributed by atoms with van der Waals surface area (Å²) in [5.74, 6) is -0.914. The molecule has 2 fully saturated rings. The highest BCUT2D eigenvalue weighted by molar-refractivity contribution is 6.16. The summed E-state index contributed by atoms with van der Waals surface area (Å²) in [5.41, 5.74) is 7.28. The van der Waals surface area contributed by atoms with Crippen molar-refractivity contribution in [2.45, 2.75) is 77.1 Å². The molecule has 4 heterocycles. The lowest BCUT2D eigenvalue weighted by Gasteiger charge is -2.38. The zero-order valence-corrected chi connectivity index (χ0v) is 26.3. The van der Waals surface area contributed by atoms with Crippen molar-refractivity contribution in [2.24, 2.45) is 10.7 Å². The zero-order chi connectivity index (χ0) is 33.7. The van der Waals surface area contributed by atoms with Crippen LogP contribution < -0.4 is 16.0 Å². The highest BCUT2D eigenvalue weighted by Gasteiger charge is 2.47. The van der Waals surface area contributed by atoms with E-state index in [0.29, 0.717) is 77.6 Å². The number of benzene rings is 1. The summed E-state index contributed by atoms with van der Waals surface area (Å²) in [4.78, 5) is 44.4. The van der Waals surface area contributed by atoms with Crippen molar-refractivity contribution in [1.82, 2.24) is 20.3 Å². The predicted molar refractivity (Wildman–Crippen MR) is 165 cm³/mol. The third-order valence-electron chi connectivity index (χ3n) is 8.91. The van der Waals surface area contributed by atoms with Crippen LogP contribution in [0.4, 0.5) is 23.2 Å². The topological polar surface area (TPSA) is 136 Å². The maximum atomic E-state index is 15.8. The fourth-order valence-corrected chi connectivity index (χ4v) is 6.44. The summed E-state index contributed by atoms with van der Waals surface area (Å²) < 4.78 is 61.7. The number of halogens is 4. The number of primary amides is 1. The molecular formula is C33H35F4N7O3. The van der Waals surface area contributed by atoms with E-state index >= 15 is 4.39 Å². The summed E-state index contributed by atoms with van der Waals surface area (Å²) in [7, 11) is 0. The highest BCUT2D eigenvalue weighted by atomic mass is 19.4. The first-order chi connectivity index (χ1) is 22.3. The summed E-state index contributed by atoms with van der Waals surface area (Å²) in [6.07, 6.45) is -2.63. The number of amides is 2. The summed E-state index contributed by atoms with van der Waals surface area (Å²) in [6, 6.07) is 5.55. The molecule has 1 aromatic carbocycles. The van der Waals surface area contributed by atoms with Crippen LogP contribution in [0.15, 0.2) is 29.3 Å². The summed E-state index contributed by atoms with van der Waals surface area (Å²) in [5, 5.41) is 2.82. The molecule has 0 radical (unpaired) electrons. The van der Waals surface area contributed by atoms with E-state index in [1.165, 1.54) is 12.1 Å². The average molecular weight is 654 g/mol. The van der Waals surface area contributed by atoms with Gasteiger partial charge >= 0.3 is 6.18 Å². The largest absolute Gasteiger partial charge is 0.433 e. The third-order valence-corrected chi connectivity index (χ3v) is 8.91. The van der Waals surface area contributed by atoms with Gasteiger partial charge in [-0.2, -0.15) is 13.2 Å². The quantitative estimate of drug-likeness (QED) is 0.321. The molecule has 248 valence electrons. The van der Waals surface area contributed by atoms with Crippen LogP contribution in [0.1, 0.15) is 78.3 Å². The van der Waals surface area contributed by atoms with Crippen molar-refractivity contribution >= 4 is 23.3 Å². The van der Waals surface area contributed by atoms with Crippen molar-refractivity contribution in [1.29, 1.82) is 0 Å². The molecule has 3 aromatic rings. The number of nitrogens with one attached hydrogen (secondary N) is 1. The maximum Gasteiger partial charge on any atom is 0.433 e. The van der Waals surface area contributed by atoms with Gasteiger partial charge in [0, 0.05) is 59.4 Å². The Morgan fingerprint density at radius 1 is 1.11 bits per heavy atom. The molecule has 2 aromatic heterocycles. The van der Waals surface area contributed by atoms with Crippen LogP contribution >= 0.6 is 0 Å². The van der Waals surface area contributed by atoms with Gasteiger partial charge in [-0.25, -0.2) is 19.3 Å². The molecule has 2 aliphatic heterocycles. The number of carbonyl (C=O) groups is 2. The normalized spacial score (nSPS) is 17.6. The van der Waals surface area contributed by atoms with E-state index in [2.05, 4.69) is 20.3 Å². The molecule has 1 saturated heterocycles. The molecule has 3 aliphatic rings. The number of anilines is 1. The van der Waals surface area contributed by atoms with Crippen LogP contribution in [-0.2, 0) is 33.5 Å². The number of hydrogen-bond acceptors (Lipinski definition) is 8. The van der Waals surface area contributed by atoms with E-state index in [9.17, 15) is 22.8 Å². The lowest BCUT2D eigenvalue weighted by Crippen LogP contribution is -2.49. The van der Waals surface area contributed by atoms with Gasteiger partial charge in [-0.05, 0) is 76.3 Å². The summed E-state index contributed by atoms with van der Waals surface area (Å²) >= 11 is 0. The van der Waals surface area contributed by atoms with Crippen LogP contribution in [-0.4, -0.2) is 57.8 Å². The SMILES string of the molecule is CCOCc1c(F)cc(-c2c(C)nc(CC(N)=O)nc2C)cc1N1CCC2(CC1)N=C(c1ccc(C(F)(F)F)nc1C1CC1)NC2=O. The monoisotopic (exact) mass is 653 g/mol. The van der Waals surface area contributed by atoms with Gasteiger partial charge in [-0.3, -0.25) is 14.6 Å². The van der Waals surface area contributed by atoms with Gasteiger partial charge in [0.15, 0.2) is 0 Å². The van der Waals surface area contributed by atoms with Gasteiger partial charge in [0.05, 0.1) is 18.7 Å².